The van der Waals surface area contributed by atoms with E-state index in [1.807, 2.05) is 31.2 Å². The Labute approximate surface area is 96.0 Å². The molecule has 16 heavy (non-hydrogen) atoms. The third-order valence-electron chi connectivity index (χ3n) is 2.82. The minimum Gasteiger partial charge on any atom is -0.353 e. The van der Waals surface area contributed by atoms with Crippen LogP contribution in [0.2, 0.25) is 0 Å². The average Bonchev–Trinajstić information content (AvgIpc) is 3.01. The molecule has 1 amide bonds. The lowest BCUT2D eigenvalue weighted by Crippen LogP contribution is -2.29. The van der Waals surface area contributed by atoms with Crippen molar-refractivity contribution >= 4 is 5.91 Å². The molecule has 0 saturated heterocycles. The van der Waals surface area contributed by atoms with Gasteiger partial charge in [-0.15, -0.1) is 0 Å². The fourth-order valence-electron chi connectivity index (χ4n) is 1.73. The van der Waals surface area contributed by atoms with Gasteiger partial charge in [-0.3, -0.25) is 4.79 Å². The summed E-state index contributed by atoms with van der Waals surface area (Å²) < 4.78 is 0. The number of hydrogen-bond acceptors (Lipinski definition) is 2. The Morgan fingerprint density at radius 2 is 2.31 bits per heavy atom. The van der Waals surface area contributed by atoms with Crippen molar-refractivity contribution in [3.63, 3.8) is 0 Å². The molecule has 1 aromatic rings. The number of carbonyl (C=O) groups excluding carboxylic acids is 1. The van der Waals surface area contributed by atoms with Crippen molar-refractivity contribution in [2.75, 3.05) is 0 Å². The van der Waals surface area contributed by atoms with E-state index in [-0.39, 0.29) is 11.9 Å². The molecule has 3 heteroatoms. The number of nitrogens with one attached hydrogen (secondary N) is 1. The first-order valence-electron chi connectivity index (χ1n) is 5.76. The topological polar surface area (TPSA) is 55.1 Å². The lowest BCUT2D eigenvalue weighted by molar-refractivity contribution is -0.121. The van der Waals surface area contributed by atoms with Gasteiger partial charge in [0.1, 0.15) is 0 Å². The van der Waals surface area contributed by atoms with Crippen LogP contribution in [0.1, 0.15) is 36.4 Å². The maximum absolute atomic E-state index is 11.6. The van der Waals surface area contributed by atoms with Crippen LogP contribution in [0.5, 0.6) is 0 Å². The van der Waals surface area contributed by atoms with Crippen LogP contribution in [-0.2, 0) is 4.79 Å². The summed E-state index contributed by atoms with van der Waals surface area (Å²) in [4.78, 5) is 11.6. The van der Waals surface area contributed by atoms with Crippen LogP contribution < -0.4 is 11.1 Å². The Morgan fingerprint density at radius 1 is 1.56 bits per heavy atom. The predicted molar refractivity (Wildman–Crippen MR) is 63.9 cm³/mol. The molecule has 1 unspecified atom stereocenters. The summed E-state index contributed by atoms with van der Waals surface area (Å²) in [5.74, 6) is 0.0662. The first-order valence-corrected chi connectivity index (χ1v) is 5.76. The highest BCUT2D eigenvalue weighted by Crippen LogP contribution is 2.20. The second-order valence-corrected chi connectivity index (χ2v) is 4.57. The number of benzene rings is 1. The molecule has 1 aliphatic carbocycles. The molecule has 1 saturated carbocycles. The molecule has 0 bridgehead atoms. The molecule has 1 aliphatic rings. The zero-order chi connectivity index (χ0) is 11.5. The van der Waals surface area contributed by atoms with E-state index in [1.54, 1.807) is 0 Å². The second-order valence-electron chi connectivity index (χ2n) is 4.57. The van der Waals surface area contributed by atoms with E-state index in [4.69, 9.17) is 5.73 Å². The molecule has 0 aromatic heterocycles. The van der Waals surface area contributed by atoms with Gasteiger partial charge in [0.15, 0.2) is 0 Å². The number of aryl methyl sites for hydroxylation is 1. The maximum atomic E-state index is 11.6. The van der Waals surface area contributed by atoms with E-state index in [1.165, 1.54) is 5.56 Å². The van der Waals surface area contributed by atoms with Crippen molar-refractivity contribution in [1.82, 2.24) is 5.32 Å². The number of hydrogen-bond donors (Lipinski definition) is 2. The number of carbonyl (C=O) groups is 1. The van der Waals surface area contributed by atoms with E-state index in [0.717, 1.165) is 18.4 Å². The molecule has 1 aromatic carbocycles. The first kappa shape index (κ1) is 11.1. The van der Waals surface area contributed by atoms with Crippen LogP contribution >= 0.6 is 0 Å². The fraction of sp³-hybridized carbons (Fsp3) is 0.462. The van der Waals surface area contributed by atoms with Gasteiger partial charge in [0.05, 0.1) is 0 Å². The zero-order valence-electron chi connectivity index (χ0n) is 9.57. The van der Waals surface area contributed by atoms with Crippen LogP contribution in [0.3, 0.4) is 0 Å². The molecule has 0 heterocycles. The highest BCUT2D eigenvalue weighted by atomic mass is 16.1. The van der Waals surface area contributed by atoms with Crippen molar-refractivity contribution < 1.29 is 4.79 Å². The Morgan fingerprint density at radius 3 is 2.94 bits per heavy atom. The first-order chi connectivity index (χ1) is 7.65. The standard InChI is InChI=1S/C13H18N2O/c1-9-3-2-4-10(7-9)12(14)8-13(16)15-11-5-6-11/h2-4,7,11-12H,5-6,8,14H2,1H3,(H,15,16). The van der Waals surface area contributed by atoms with Gasteiger partial charge in [-0.1, -0.05) is 29.8 Å². The van der Waals surface area contributed by atoms with E-state index >= 15 is 0 Å². The van der Waals surface area contributed by atoms with Gasteiger partial charge in [0.25, 0.3) is 0 Å². The Hall–Kier alpha value is -1.35. The summed E-state index contributed by atoms with van der Waals surface area (Å²) in [7, 11) is 0. The molecule has 0 aliphatic heterocycles. The van der Waals surface area contributed by atoms with Gasteiger partial charge in [0, 0.05) is 18.5 Å². The third-order valence-corrected chi connectivity index (χ3v) is 2.82. The quantitative estimate of drug-likeness (QED) is 0.807. The summed E-state index contributed by atoms with van der Waals surface area (Å²) in [5.41, 5.74) is 8.21. The minimum absolute atomic E-state index is 0.0662. The maximum Gasteiger partial charge on any atom is 0.222 e. The van der Waals surface area contributed by atoms with Crippen molar-refractivity contribution in [2.24, 2.45) is 5.73 Å². The molecular formula is C13H18N2O. The van der Waals surface area contributed by atoms with Gasteiger partial charge in [-0.2, -0.15) is 0 Å². The Kier molecular flexibility index (Phi) is 3.25. The van der Waals surface area contributed by atoms with Gasteiger partial charge in [-0.25, -0.2) is 0 Å². The second kappa shape index (κ2) is 4.66. The number of nitrogens with two attached hydrogens (primary N) is 1. The summed E-state index contributed by atoms with van der Waals surface area (Å²) >= 11 is 0. The summed E-state index contributed by atoms with van der Waals surface area (Å²) in [6, 6.07) is 8.23. The van der Waals surface area contributed by atoms with Crippen molar-refractivity contribution in [3.8, 4) is 0 Å². The third kappa shape index (κ3) is 3.07. The van der Waals surface area contributed by atoms with Gasteiger partial charge < -0.3 is 11.1 Å². The molecule has 3 nitrogen and oxygen atoms in total. The SMILES string of the molecule is Cc1cccc(C(N)CC(=O)NC2CC2)c1. The van der Waals surface area contributed by atoms with Gasteiger partial charge >= 0.3 is 0 Å². The molecule has 0 radical (unpaired) electrons. The van der Waals surface area contributed by atoms with Crippen LogP contribution in [0, 0.1) is 6.92 Å². The molecule has 1 fully saturated rings. The van der Waals surface area contributed by atoms with Gasteiger partial charge in [-0.05, 0) is 25.3 Å². The van der Waals surface area contributed by atoms with E-state index in [0.29, 0.717) is 12.5 Å². The molecule has 1 atom stereocenters. The summed E-state index contributed by atoms with van der Waals surface area (Å²) in [6.07, 6.45) is 2.61. The lowest BCUT2D eigenvalue weighted by atomic mass is 10.0. The van der Waals surface area contributed by atoms with Crippen molar-refractivity contribution in [2.45, 2.75) is 38.3 Å². The molecular weight excluding hydrogens is 200 g/mol. The highest BCUT2D eigenvalue weighted by molar-refractivity contribution is 5.77. The predicted octanol–water partition coefficient (Wildman–Crippen LogP) is 1.66. The lowest BCUT2D eigenvalue weighted by Gasteiger charge is -2.12. The normalized spacial score (nSPS) is 16.9. The van der Waals surface area contributed by atoms with Gasteiger partial charge in [0.2, 0.25) is 5.91 Å². The Bertz CT molecular complexity index is 385. The van der Waals surface area contributed by atoms with E-state index < -0.39 is 0 Å². The minimum atomic E-state index is -0.196. The Balaban J connectivity index is 1.91. The fourth-order valence-corrected chi connectivity index (χ4v) is 1.73. The molecule has 2 rings (SSSR count). The van der Waals surface area contributed by atoms with Crippen LogP contribution in [-0.4, -0.2) is 11.9 Å². The van der Waals surface area contributed by atoms with Crippen molar-refractivity contribution in [1.29, 1.82) is 0 Å². The van der Waals surface area contributed by atoms with Crippen LogP contribution in [0.15, 0.2) is 24.3 Å². The zero-order valence-corrected chi connectivity index (χ0v) is 9.57. The summed E-state index contributed by atoms with van der Waals surface area (Å²) in [5, 5.41) is 2.95. The molecule has 0 spiro atoms. The molecule has 86 valence electrons. The largest absolute Gasteiger partial charge is 0.353 e. The van der Waals surface area contributed by atoms with Crippen molar-refractivity contribution in [3.05, 3.63) is 35.4 Å². The number of rotatable bonds is 4. The van der Waals surface area contributed by atoms with E-state index in [2.05, 4.69) is 5.32 Å². The summed E-state index contributed by atoms with van der Waals surface area (Å²) in [6.45, 7) is 2.03. The molecule has 3 N–H and O–H groups in total. The highest BCUT2D eigenvalue weighted by Gasteiger charge is 2.24. The van der Waals surface area contributed by atoms with E-state index in [9.17, 15) is 4.79 Å². The van der Waals surface area contributed by atoms with Crippen LogP contribution in [0.4, 0.5) is 0 Å². The van der Waals surface area contributed by atoms with Crippen LogP contribution in [0.25, 0.3) is 0 Å². The monoisotopic (exact) mass is 218 g/mol. The number of amides is 1. The smallest absolute Gasteiger partial charge is 0.222 e. The average molecular weight is 218 g/mol.